The Hall–Kier alpha value is -2.93. The number of nitrogens with zero attached hydrogens (tertiary/aromatic N) is 3. The van der Waals surface area contributed by atoms with E-state index >= 15 is 0 Å². The molecule has 0 bridgehead atoms. The summed E-state index contributed by atoms with van der Waals surface area (Å²) in [5.74, 6) is 1.03. The van der Waals surface area contributed by atoms with E-state index in [0.29, 0.717) is 25.6 Å². The van der Waals surface area contributed by atoms with Gasteiger partial charge in [0.2, 0.25) is 0 Å². The summed E-state index contributed by atoms with van der Waals surface area (Å²) in [5, 5.41) is 0. The molecule has 0 aliphatic carbocycles. The number of anilines is 1. The maximum atomic E-state index is 11.8. The minimum absolute atomic E-state index is 0.200. The molecule has 0 fully saturated rings. The van der Waals surface area contributed by atoms with Crippen molar-refractivity contribution >= 4 is 27.7 Å². The summed E-state index contributed by atoms with van der Waals surface area (Å²) in [4.78, 5) is 22.5. The predicted octanol–water partition coefficient (Wildman–Crippen LogP) is 5.02. The first-order valence-electron chi connectivity index (χ1n) is 9.80. The number of ether oxygens (including phenoxy) is 2. The van der Waals surface area contributed by atoms with Crippen LogP contribution in [-0.2, 0) is 17.9 Å². The fourth-order valence-electron chi connectivity index (χ4n) is 2.90. The molecule has 0 spiro atoms. The molecule has 156 valence electrons. The largest absolute Gasteiger partial charge is 0.489 e. The van der Waals surface area contributed by atoms with Crippen LogP contribution >= 0.6 is 15.9 Å². The predicted molar refractivity (Wildman–Crippen MR) is 120 cm³/mol. The van der Waals surface area contributed by atoms with E-state index < -0.39 is 5.97 Å². The standard InChI is InChI=1S/C23H24BrN3O3/c1-3-27(22-14-25-20(13-26-22)23(28)29-4-2)15-18-12-19(24)10-11-21(18)30-16-17-8-6-5-7-9-17/h5-14H,3-4,15-16H2,1-2H3. The fraction of sp³-hybridized carbons (Fsp3) is 0.261. The number of benzene rings is 2. The number of esters is 1. The number of hydrogen-bond donors (Lipinski definition) is 0. The van der Waals surface area contributed by atoms with Gasteiger partial charge in [-0.2, -0.15) is 0 Å². The Kier molecular flexibility index (Phi) is 7.79. The van der Waals surface area contributed by atoms with Gasteiger partial charge < -0.3 is 14.4 Å². The van der Waals surface area contributed by atoms with Gasteiger partial charge in [-0.3, -0.25) is 0 Å². The molecule has 0 radical (unpaired) electrons. The smallest absolute Gasteiger partial charge is 0.358 e. The third-order valence-electron chi connectivity index (χ3n) is 4.45. The lowest BCUT2D eigenvalue weighted by molar-refractivity contribution is 0.0519. The molecule has 0 saturated carbocycles. The first-order valence-corrected chi connectivity index (χ1v) is 10.6. The monoisotopic (exact) mass is 469 g/mol. The Bertz CT molecular complexity index is 965. The summed E-state index contributed by atoms with van der Waals surface area (Å²) in [5.41, 5.74) is 2.34. The van der Waals surface area contributed by atoms with E-state index in [0.717, 1.165) is 27.9 Å². The summed E-state index contributed by atoms with van der Waals surface area (Å²) >= 11 is 3.55. The van der Waals surface area contributed by atoms with Crippen molar-refractivity contribution in [3.05, 3.63) is 82.2 Å². The van der Waals surface area contributed by atoms with E-state index in [-0.39, 0.29) is 5.69 Å². The molecule has 0 N–H and O–H groups in total. The van der Waals surface area contributed by atoms with Gasteiger partial charge >= 0.3 is 5.97 Å². The molecule has 1 heterocycles. The van der Waals surface area contributed by atoms with Crippen molar-refractivity contribution in [3.63, 3.8) is 0 Å². The van der Waals surface area contributed by atoms with Crippen LogP contribution in [0.1, 0.15) is 35.5 Å². The third kappa shape index (κ3) is 5.79. The molecule has 6 nitrogen and oxygen atoms in total. The van der Waals surface area contributed by atoms with Crippen LogP contribution in [-0.4, -0.2) is 29.1 Å². The SMILES string of the molecule is CCOC(=O)c1cnc(N(CC)Cc2cc(Br)ccc2OCc2ccccc2)cn1. The molecular weight excluding hydrogens is 446 g/mol. The lowest BCUT2D eigenvalue weighted by Gasteiger charge is -2.23. The van der Waals surface area contributed by atoms with Crippen LogP contribution < -0.4 is 9.64 Å². The van der Waals surface area contributed by atoms with Crippen LogP contribution in [0, 0.1) is 0 Å². The van der Waals surface area contributed by atoms with Gasteiger partial charge in [-0.25, -0.2) is 14.8 Å². The van der Waals surface area contributed by atoms with Crippen molar-refractivity contribution in [3.8, 4) is 5.75 Å². The van der Waals surface area contributed by atoms with E-state index in [4.69, 9.17) is 9.47 Å². The summed E-state index contributed by atoms with van der Waals surface area (Å²) < 4.78 is 12.0. The zero-order chi connectivity index (χ0) is 21.3. The molecule has 0 aliphatic rings. The molecule has 0 unspecified atom stereocenters. The number of rotatable bonds is 9. The summed E-state index contributed by atoms with van der Waals surface area (Å²) in [6.45, 7) is 5.91. The summed E-state index contributed by atoms with van der Waals surface area (Å²) in [6.07, 6.45) is 3.04. The normalized spacial score (nSPS) is 10.5. The third-order valence-corrected chi connectivity index (χ3v) is 4.94. The molecule has 0 amide bonds. The molecule has 0 saturated heterocycles. The second-order valence-electron chi connectivity index (χ2n) is 6.52. The maximum absolute atomic E-state index is 11.8. The highest BCUT2D eigenvalue weighted by Gasteiger charge is 2.14. The van der Waals surface area contributed by atoms with Crippen molar-refractivity contribution in [2.75, 3.05) is 18.1 Å². The number of hydrogen-bond acceptors (Lipinski definition) is 6. The molecule has 0 aliphatic heterocycles. The van der Waals surface area contributed by atoms with Crippen LogP contribution in [0.25, 0.3) is 0 Å². The highest BCUT2D eigenvalue weighted by Crippen LogP contribution is 2.27. The molecular formula is C23H24BrN3O3. The first-order chi connectivity index (χ1) is 14.6. The van der Waals surface area contributed by atoms with Gasteiger partial charge in [0.15, 0.2) is 5.69 Å². The van der Waals surface area contributed by atoms with E-state index in [1.54, 1.807) is 13.1 Å². The highest BCUT2D eigenvalue weighted by atomic mass is 79.9. The lowest BCUT2D eigenvalue weighted by Crippen LogP contribution is -2.24. The van der Waals surface area contributed by atoms with Gasteiger partial charge in [0.25, 0.3) is 0 Å². The van der Waals surface area contributed by atoms with Gasteiger partial charge in [0, 0.05) is 23.1 Å². The Labute approximate surface area is 185 Å². The highest BCUT2D eigenvalue weighted by molar-refractivity contribution is 9.10. The second-order valence-corrected chi connectivity index (χ2v) is 7.44. The minimum Gasteiger partial charge on any atom is -0.489 e. The second kappa shape index (κ2) is 10.7. The van der Waals surface area contributed by atoms with E-state index in [2.05, 4.69) is 30.8 Å². The molecule has 7 heteroatoms. The van der Waals surface area contributed by atoms with E-state index in [1.807, 2.05) is 55.5 Å². The van der Waals surface area contributed by atoms with Gasteiger partial charge in [0.05, 0.1) is 19.0 Å². The van der Waals surface area contributed by atoms with Crippen LogP contribution in [0.3, 0.4) is 0 Å². The Morgan fingerprint density at radius 1 is 1.07 bits per heavy atom. The minimum atomic E-state index is -0.469. The summed E-state index contributed by atoms with van der Waals surface area (Å²) in [7, 11) is 0. The van der Waals surface area contributed by atoms with Gasteiger partial charge in [-0.15, -0.1) is 0 Å². The topological polar surface area (TPSA) is 64.5 Å². The Morgan fingerprint density at radius 3 is 2.53 bits per heavy atom. The molecule has 30 heavy (non-hydrogen) atoms. The van der Waals surface area contributed by atoms with Crippen molar-refractivity contribution in [1.29, 1.82) is 0 Å². The number of aromatic nitrogens is 2. The molecule has 1 aromatic heterocycles. The van der Waals surface area contributed by atoms with Crippen LogP contribution in [0.15, 0.2) is 65.4 Å². The van der Waals surface area contributed by atoms with Gasteiger partial charge in [0.1, 0.15) is 18.2 Å². The zero-order valence-corrected chi connectivity index (χ0v) is 18.6. The number of carbonyl (C=O) groups excluding carboxylic acids is 1. The number of halogens is 1. The fourth-order valence-corrected chi connectivity index (χ4v) is 3.31. The van der Waals surface area contributed by atoms with E-state index in [9.17, 15) is 4.79 Å². The van der Waals surface area contributed by atoms with Crippen LogP contribution in [0.5, 0.6) is 5.75 Å². The molecule has 0 atom stereocenters. The van der Waals surface area contributed by atoms with E-state index in [1.165, 1.54) is 6.20 Å². The lowest BCUT2D eigenvalue weighted by atomic mass is 10.2. The Morgan fingerprint density at radius 2 is 1.87 bits per heavy atom. The summed E-state index contributed by atoms with van der Waals surface area (Å²) in [6, 6.07) is 16.0. The maximum Gasteiger partial charge on any atom is 0.358 e. The van der Waals surface area contributed by atoms with Crippen molar-refractivity contribution in [2.24, 2.45) is 0 Å². The van der Waals surface area contributed by atoms with Gasteiger partial charge in [-0.05, 0) is 37.6 Å². The van der Waals surface area contributed by atoms with Crippen LogP contribution in [0.2, 0.25) is 0 Å². The molecule has 3 aromatic rings. The average Bonchev–Trinajstić information content (AvgIpc) is 2.78. The Balaban J connectivity index is 1.76. The first kappa shape index (κ1) is 21.8. The average molecular weight is 470 g/mol. The number of carbonyl (C=O) groups is 1. The van der Waals surface area contributed by atoms with Crippen molar-refractivity contribution < 1.29 is 14.3 Å². The van der Waals surface area contributed by atoms with Crippen LogP contribution in [0.4, 0.5) is 5.82 Å². The van der Waals surface area contributed by atoms with Crippen molar-refractivity contribution in [2.45, 2.75) is 27.0 Å². The van der Waals surface area contributed by atoms with Crippen molar-refractivity contribution in [1.82, 2.24) is 9.97 Å². The quantitative estimate of drug-likeness (QED) is 0.409. The zero-order valence-electron chi connectivity index (χ0n) is 17.0. The molecule has 3 rings (SSSR count). The molecule has 2 aromatic carbocycles. The van der Waals surface area contributed by atoms with Gasteiger partial charge in [-0.1, -0.05) is 46.3 Å².